The van der Waals surface area contributed by atoms with Crippen molar-refractivity contribution in [2.75, 3.05) is 13.6 Å². The fourth-order valence-electron chi connectivity index (χ4n) is 1.74. The zero-order valence-electron chi connectivity index (χ0n) is 8.57. The molecule has 1 aromatic carbocycles. The van der Waals surface area contributed by atoms with E-state index in [1.54, 1.807) is 0 Å². The van der Waals surface area contributed by atoms with Gasteiger partial charge in [0.2, 0.25) is 0 Å². The Labute approximate surface area is 84.4 Å². The third-order valence-corrected chi connectivity index (χ3v) is 2.33. The van der Waals surface area contributed by atoms with Crippen LogP contribution in [0.25, 0.3) is 0 Å². The Balaban J connectivity index is 2.23. The number of likely N-dealkylation sites (N-methyl/N-ethyl adjacent to an activating group) is 1. The van der Waals surface area contributed by atoms with Gasteiger partial charge in [-0.25, -0.2) is 5.01 Å². The third-order valence-electron chi connectivity index (χ3n) is 2.33. The lowest BCUT2D eigenvalue weighted by molar-refractivity contribution is 0.256. The minimum atomic E-state index is 0.266. The molecule has 1 aromatic rings. The van der Waals surface area contributed by atoms with E-state index >= 15 is 0 Å². The molecule has 3 nitrogen and oxygen atoms in total. The molecule has 3 heteroatoms. The van der Waals surface area contributed by atoms with Gasteiger partial charge in [-0.15, -0.1) is 0 Å². The molecule has 0 bridgehead atoms. The highest BCUT2D eigenvalue weighted by Gasteiger charge is 2.17. The molecule has 0 amide bonds. The predicted octanol–water partition coefficient (Wildman–Crippen LogP) is 1.60. The van der Waals surface area contributed by atoms with E-state index in [4.69, 9.17) is 0 Å². The van der Waals surface area contributed by atoms with Crippen LogP contribution < -0.4 is 5.43 Å². The molecule has 0 aromatic heterocycles. The highest BCUT2D eigenvalue weighted by molar-refractivity contribution is 5.79. The molecule has 0 radical (unpaired) electrons. The molecule has 74 valence electrons. The molecule has 0 aliphatic carbocycles. The van der Waals surface area contributed by atoms with Gasteiger partial charge < -0.3 is 5.43 Å². The number of hydrazine groups is 1. The maximum absolute atomic E-state index is 4.57. The Morgan fingerprint density at radius 3 is 2.71 bits per heavy atom. The first-order chi connectivity index (χ1) is 6.75. The van der Waals surface area contributed by atoms with Gasteiger partial charge in [0.1, 0.15) is 5.84 Å². The first-order valence-corrected chi connectivity index (χ1v) is 4.83. The molecule has 2 rings (SSSR count). The number of nitrogens with zero attached hydrogens (tertiary/aromatic N) is 2. The second-order valence-electron chi connectivity index (χ2n) is 3.63. The number of nitrogens with one attached hydrogen (secondary N) is 1. The van der Waals surface area contributed by atoms with E-state index in [1.807, 2.05) is 20.0 Å². The number of hydrogen-bond donors (Lipinski definition) is 1. The molecular weight excluding hydrogens is 174 g/mol. The van der Waals surface area contributed by atoms with Crippen LogP contribution in [0.4, 0.5) is 0 Å². The van der Waals surface area contributed by atoms with E-state index < -0.39 is 0 Å². The van der Waals surface area contributed by atoms with Crippen LogP contribution in [0.5, 0.6) is 0 Å². The molecule has 1 aliphatic heterocycles. The Bertz CT molecular complexity index is 332. The first-order valence-electron chi connectivity index (χ1n) is 4.83. The van der Waals surface area contributed by atoms with Crippen LogP contribution in [-0.4, -0.2) is 24.4 Å². The van der Waals surface area contributed by atoms with Crippen molar-refractivity contribution in [3.63, 3.8) is 0 Å². The number of amidine groups is 1. The average molecular weight is 189 g/mol. The van der Waals surface area contributed by atoms with E-state index in [0.29, 0.717) is 0 Å². The van der Waals surface area contributed by atoms with Gasteiger partial charge in [0.05, 0.1) is 6.04 Å². The Morgan fingerprint density at radius 2 is 2.07 bits per heavy atom. The molecule has 1 aliphatic rings. The summed E-state index contributed by atoms with van der Waals surface area (Å²) in [6, 6.07) is 10.7. The summed E-state index contributed by atoms with van der Waals surface area (Å²) in [6.45, 7) is 2.91. The topological polar surface area (TPSA) is 27.6 Å². The maximum atomic E-state index is 4.57. The second kappa shape index (κ2) is 3.80. The smallest absolute Gasteiger partial charge is 0.108 e. The summed E-state index contributed by atoms with van der Waals surface area (Å²) in [4.78, 5) is 4.57. The fourth-order valence-corrected chi connectivity index (χ4v) is 1.74. The molecule has 1 unspecified atom stereocenters. The number of rotatable bonds is 1. The maximum Gasteiger partial charge on any atom is 0.108 e. The van der Waals surface area contributed by atoms with Crippen molar-refractivity contribution in [2.24, 2.45) is 4.99 Å². The molecule has 1 N–H and O–H groups in total. The second-order valence-corrected chi connectivity index (χ2v) is 3.63. The SMILES string of the molecule is CC1=NC(c2ccccc2)CN(C)N1. The van der Waals surface area contributed by atoms with Crippen LogP contribution in [0.15, 0.2) is 35.3 Å². The summed E-state index contributed by atoms with van der Waals surface area (Å²) in [6.07, 6.45) is 0. The Kier molecular flexibility index (Phi) is 2.50. The van der Waals surface area contributed by atoms with Crippen molar-refractivity contribution in [1.82, 2.24) is 10.4 Å². The minimum Gasteiger partial charge on any atom is -0.307 e. The predicted molar refractivity (Wildman–Crippen MR) is 58.1 cm³/mol. The summed E-state index contributed by atoms with van der Waals surface area (Å²) >= 11 is 0. The summed E-state index contributed by atoms with van der Waals surface area (Å²) in [5, 5.41) is 2.07. The largest absolute Gasteiger partial charge is 0.307 e. The van der Waals surface area contributed by atoms with Gasteiger partial charge in [-0.3, -0.25) is 4.99 Å². The van der Waals surface area contributed by atoms with Crippen LogP contribution in [-0.2, 0) is 0 Å². The third kappa shape index (κ3) is 1.93. The lowest BCUT2D eigenvalue weighted by atomic mass is 10.1. The van der Waals surface area contributed by atoms with Gasteiger partial charge in [-0.05, 0) is 12.5 Å². The monoisotopic (exact) mass is 189 g/mol. The van der Waals surface area contributed by atoms with Gasteiger partial charge in [0.25, 0.3) is 0 Å². The average Bonchev–Trinajstić information content (AvgIpc) is 2.18. The van der Waals surface area contributed by atoms with Crippen molar-refractivity contribution >= 4 is 5.84 Å². The molecular formula is C11H15N3. The summed E-state index contributed by atoms with van der Waals surface area (Å²) in [5.74, 6) is 0.979. The minimum absolute atomic E-state index is 0.266. The molecule has 14 heavy (non-hydrogen) atoms. The molecule has 0 fully saturated rings. The van der Waals surface area contributed by atoms with E-state index in [0.717, 1.165) is 12.4 Å². The zero-order chi connectivity index (χ0) is 9.97. The van der Waals surface area contributed by atoms with Gasteiger partial charge in [-0.2, -0.15) is 0 Å². The van der Waals surface area contributed by atoms with Gasteiger partial charge in [-0.1, -0.05) is 30.3 Å². The van der Waals surface area contributed by atoms with Crippen molar-refractivity contribution in [2.45, 2.75) is 13.0 Å². The van der Waals surface area contributed by atoms with E-state index in [9.17, 15) is 0 Å². The summed E-state index contributed by atoms with van der Waals surface area (Å²) < 4.78 is 0. The van der Waals surface area contributed by atoms with Crippen molar-refractivity contribution in [3.05, 3.63) is 35.9 Å². The highest BCUT2D eigenvalue weighted by atomic mass is 15.5. The lowest BCUT2D eigenvalue weighted by Gasteiger charge is -2.28. The van der Waals surface area contributed by atoms with Crippen LogP contribution >= 0.6 is 0 Å². The molecule has 1 atom stereocenters. The van der Waals surface area contributed by atoms with Gasteiger partial charge in [0, 0.05) is 13.6 Å². The molecule has 1 heterocycles. The lowest BCUT2D eigenvalue weighted by Crippen LogP contribution is -2.44. The Hall–Kier alpha value is -1.35. The van der Waals surface area contributed by atoms with Crippen LogP contribution in [0.1, 0.15) is 18.5 Å². The normalized spacial score (nSPS) is 22.7. The van der Waals surface area contributed by atoms with Crippen LogP contribution in [0.2, 0.25) is 0 Å². The number of benzene rings is 1. The van der Waals surface area contributed by atoms with Gasteiger partial charge >= 0.3 is 0 Å². The Morgan fingerprint density at radius 1 is 1.36 bits per heavy atom. The number of aliphatic imine (C=N–C) groups is 1. The van der Waals surface area contributed by atoms with Crippen molar-refractivity contribution < 1.29 is 0 Å². The molecule has 0 spiro atoms. The van der Waals surface area contributed by atoms with Crippen molar-refractivity contribution in [1.29, 1.82) is 0 Å². The first kappa shape index (κ1) is 9.21. The van der Waals surface area contributed by atoms with E-state index in [-0.39, 0.29) is 6.04 Å². The zero-order valence-corrected chi connectivity index (χ0v) is 8.57. The van der Waals surface area contributed by atoms with Crippen molar-refractivity contribution in [3.8, 4) is 0 Å². The standard InChI is InChI=1S/C11H15N3/c1-9-12-11(8-14(2)13-9)10-6-4-3-5-7-10/h3-7,11H,8H2,1-2H3,(H,12,13). The van der Waals surface area contributed by atoms with Crippen LogP contribution in [0.3, 0.4) is 0 Å². The quantitative estimate of drug-likeness (QED) is 0.726. The van der Waals surface area contributed by atoms with Gasteiger partial charge in [0.15, 0.2) is 0 Å². The van der Waals surface area contributed by atoms with E-state index in [2.05, 4.69) is 39.7 Å². The fraction of sp³-hybridized carbons (Fsp3) is 0.364. The molecule has 0 saturated carbocycles. The van der Waals surface area contributed by atoms with E-state index in [1.165, 1.54) is 5.56 Å². The highest BCUT2D eigenvalue weighted by Crippen LogP contribution is 2.19. The molecule has 0 saturated heterocycles. The number of hydrogen-bond acceptors (Lipinski definition) is 3. The van der Waals surface area contributed by atoms with Crippen LogP contribution in [0, 0.1) is 0 Å². The summed E-state index contributed by atoms with van der Waals surface area (Å²) in [7, 11) is 2.04. The summed E-state index contributed by atoms with van der Waals surface area (Å²) in [5.41, 5.74) is 4.44.